The zero-order chi connectivity index (χ0) is 13.3. The van der Waals surface area contributed by atoms with Gasteiger partial charge in [0.15, 0.2) is 0 Å². The number of hydrogen-bond acceptors (Lipinski definition) is 3. The molecule has 0 bridgehead atoms. The SMILES string of the molecule is O=[N+]([O-])c1cccc(SC(F)(F)C(F)(F)Cl)c1. The lowest BCUT2D eigenvalue weighted by Crippen LogP contribution is -2.31. The van der Waals surface area contributed by atoms with Crippen LogP contribution in [0.4, 0.5) is 23.2 Å². The van der Waals surface area contributed by atoms with E-state index in [1.54, 1.807) is 0 Å². The average molecular weight is 290 g/mol. The fourth-order valence-corrected chi connectivity index (χ4v) is 1.72. The van der Waals surface area contributed by atoms with E-state index in [0.717, 1.165) is 24.3 Å². The van der Waals surface area contributed by atoms with Gasteiger partial charge in [0.1, 0.15) is 0 Å². The topological polar surface area (TPSA) is 43.1 Å². The highest BCUT2D eigenvalue weighted by Gasteiger charge is 2.56. The van der Waals surface area contributed by atoms with Crippen LogP contribution in [-0.4, -0.2) is 15.6 Å². The zero-order valence-corrected chi connectivity index (χ0v) is 9.44. The van der Waals surface area contributed by atoms with Crippen molar-refractivity contribution in [3.05, 3.63) is 34.4 Å². The van der Waals surface area contributed by atoms with Crippen LogP contribution < -0.4 is 0 Å². The fourth-order valence-electron chi connectivity index (χ4n) is 0.866. The third-order valence-electron chi connectivity index (χ3n) is 1.60. The number of alkyl halides is 5. The highest BCUT2D eigenvalue weighted by atomic mass is 35.5. The van der Waals surface area contributed by atoms with Crippen molar-refractivity contribution in [2.75, 3.05) is 0 Å². The molecule has 1 aromatic rings. The third-order valence-corrected chi connectivity index (χ3v) is 2.96. The predicted molar refractivity (Wildman–Crippen MR) is 54.7 cm³/mol. The number of nitrogens with zero attached hydrogens (tertiary/aromatic N) is 1. The van der Waals surface area contributed by atoms with Crippen LogP contribution in [0.5, 0.6) is 0 Å². The first-order chi connectivity index (χ1) is 7.63. The molecule has 0 spiro atoms. The summed E-state index contributed by atoms with van der Waals surface area (Å²) >= 11 is 3.70. The van der Waals surface area contributed by atoms with Gasteiger partial charge in [0, 0.05) is 17.0 Å². The van der Waals surface area contributed by atoms with E-state index < -0.39 is 33.0 Å². The highest BCUT2D eigenvalue weighted by Crippen LogP contribution is 2.49. The van der Waals surface area contributed by atoms with Crippen LogP contribution in [0.25, 0.3) is 0 Å². The maximum atomic E-state index is 12.9. The Hall–Kier alpha value is -1.02. The fraction of sp³-hybridized carbons (Fsp3) is 0.250. The third kappa shape index (κ3) is 3.47. The maximum absolute atomic E-state index is 12.9. The largest absolute Gasteiger partial charge is 0.394 e. The molecule has 9 heteroatoms. The van der Waals surface area contributed by atoms with Crippen LogP contribution in [0.2, 0.25) is 0 Å². The Balaban J connectivity index is 2.96. The quantitative estimate of drug-likeness (QED) is 0.275. The Kier molecular flexibility index (Phi) is 3.88. The summed E-state index contributed by atoms with van der Waals surface area (Å²) in [6.45, 7) is 0. The number of nitro benzene ring substituents is 1. The second-order valence-electron chi connectivity index (χ2n) is 2.87. The molecule has 0 aromatic heterocycles. The van der Waals surface area contributed by atoms with E-state index in [9.17, 15) is 27.7 Å². The molecule has 0 atom stereocenters. The van der Waals surface area contributed by atoms with Gasteiger partial charge in [-0.15, -0.1) is 0 Å². The molecule has 17 heavy (non-hydrogen) atoms. The Bertz CT molecular complexity index is 438. The lowest BCUT2D eigenvalue weighted by molar-refractivity contribution is -0.385. The van der Waals surface area contributed by atoms with Gasteiger partial charge in [-0.3, -0.25) is 10.1 Å². The number of benzene rings is 1. The summed E-state index contributed by atoms with van der Waals surface area (Å²) in [6.07, 6.45) is 0. The summed E-state index contributed by atoms with van der Waals surface area (Å²) in [5.74, 6) is 0. The first kappa shape index (κ1) is 14.0. The summed E-state index contributed by atoms with van der Waals surface area (Å²) in [5, 5.41) is 1.06. The molecule has 0 amide bonds. The molecule has 0 unspecified atom stereocenters. The molecule has 0 saturated carbocycles. The van der Waals surface area contributed by atoms with Crippen LogP contribution in [0.3, 0.4) is 0 Å². The van der Waals surface area contributed by atoms with Gasteiger partial charge in [0.2, 0.25) is 0 Å². The lowest BCUT2D eigenvalue weighted by atomic mass is 10.3. The van der Waals surface area contributed by atoms with E-state index in [1.165, 1.54) is 0 Å². The number of thioether (sulfide) groups is 1. The lowest BCUT2D eigenvalue weighted by Gasteiger charge is -2.19. The second kappa shape index (κ2) is 4.69. The van der Waals surface area contributed by atoms with Gasteiger partial charge in [-0.25, -0.2) is 0 Å². The molecular formula is C8H4ClF4NO2S. The maximum Gasteiger partial charge on any atom is 0.394 e. The summed E-state index contributed by atoms with van der Waals surface area (Å²) in [7, 11) is 0. The minimum atomic E-state index is -4.73. The number of nitro groups is 1. The Morgan fingerprint density at radius 3 is 2.35 bits per heavy atom. The van der Waals surface area contributed by atoms with Gasteiger partial charge < -0.3 is 0 Å². The molecule has 0 aliphatic heterocycles. The second-order valence-corrected chi connectivity index (χ2v) is 4.53. The molecule has 1 rings (SSSR count). The van der Waals surface area contributed by atoms with Crippen molar-refractivity contribution in [3.8, 4) is 0 Å². The van der Waals surface area contributed by atoms with Gasteiger partial charge in [0.25, 0.3) is 5.69 Å². The summed E-state index contributed by atoms with van der Waals surface area (Å²) in [4.78, 5) is 9.16. The standard InChI is InChI=1S/C8H4ClF4NO2S/c9-7(10,11)8(12,13)17-6-3-1-2-5(4-6)14(15)16/h1-4H. The molecule has 94 valence electrons. The minimum absolute atomic E-state index is 0.371. The first-order valence-electron chi connectivity index (χ1n) is 4.01. The number of hydrogen-bond donors (Lipinski definition) is 0. The Labute approximate surface area is 102 Å². The van der Waals surface area contributed by atoms with Crippen molar-refractivity contribution in [3.63, 3.8) is 0 Å². The van der Waals surface area contributed by atoms with Crippen molar-refractivity contribution >= 4 is 29.1 Å². The van der Waals surface area contributed by atoms with Crippen molar-refractivity contribution in [1.82, 2.24) is 0 Å². The summed E-state index contributed by atoms with van der Waals surface area (Å²) in [6, 6.07) is 3.99. The molecule has 0 fully saturated rings. The highest BCUT2D eigenvalue weighted by molar-refractivity contribution is 8.00. The number of non-ortho nitro benzene ring substituents is 1. The van der Waals surface area contributed by atoms with E-state index in [4.69, 9.17) is 0 Å². The van der Waals surface area contributed by atoms with Crippen LogP contribution in [0, 0.1) is 10.1 Å². The summed E-state index contributed by atoms with van der Waals surface area (Å²) in [5.41, 5.74) is -0.469. The predicted octanol–water partition coefficient (Wildman–Crippen LogP) is 4.11. The van der Waals surface area contributed by atoms with Crippen molar-refractivity contribution in [1.29, 1.82) is 0 Å². The minimum Gasteiger partial charge on any atom is -0.258 e. The Morgan fingerprint density at radius 1 is 1.29 bits per heavy atom. The monoisotopic (exact) mass is 289 g/mol. The molecule has 1 aromatic carbocycles. The summed E-state index contributed by atoms with van der Waals surface area (Å²) < 4.78 is 50.3. The molecule has 3 nitrogen and oxygen atoms in total. The normalized spacial score (nSPS) is 12.5. The van der Waals surface area contributed by atoms with E-state index in [-0.39, 0.29) is 4.90 Å². The van der Waals surface area contributed by atoms with Crippen molar-refractivity contribution in [2.24, 2.45) is 0 Å². The van der Waals surface area contributed by atoms with E-state index in [0.29, 0.717) is 0 Å². The molecule has 0 aliphatic rings. The van der Waals surface area contributed by atoms with E-state index in [2.05, 4.69) is 11.6 Å². The first-order valence-corrected chi connectivity index (χ1v) is 5.21. The van der Waals surface area contributed by atoms with Crippen LogP contribution >= 0.6 is 23.4 Å². The van der Waals surface area contributed by atoms with Gasteiger partial charge in [-0.1, -0.05) is 6.07 Å². The van der Waals surface area contributed by atoms with Crippen molar-refractivity contribution < 1.29 is 22.5 Å². The molecule has 0 radical (unpaired) electrons. The number of halogens is 5. The van der Waals surface area contributed by atoms with Crippen LogP contribution in [-0.2, 0) is 0 Å². The Morgan fingerprint density at radius 2 is 1.88 bits per heavy atom. The van der Waals surface area contributed by atoms with E-state index >= 15 is 0 Å². The molecule has 0 aliphatic carbocycles. The molecule has 0 N–H and O–H groups in total. The van der Waals surface area contributed by atoms with Crippen LogP contribution in [0.15, 0.2) is 29.2 Å². The average Bonchev–Trinajstić information content (AvgIpc) is 2.15. The van der Waals surface area contributed by atoms with Crippen molar-refractivity contribution in [2.45, 2.75) is 15.5 Å². The zero-order valence-electron chi connectivity index (χ0n) is 7.87. The smallest absolute Gasteiger partial charge is 0.258 e. The number of rotatable bonds is 4. The van der Waals surface area contributed by atoms with Gasteiger partial charge in [-0.2, -0.15) is 17.6 Å². The van der Waals surface area contributed by atoms with Gasteiger partial charge in [-0.05, 0) is 29.4 Å². The molecular weight excluding hydrogens is 286 g/mol. The van der Waals surface area contributed by atoms with Gasteiger partial charge >= 0.3 is 10.6 Å². The van der Waals surface area contributed by atoms with E-state index in [1.807, 2.05) is 0 Å². The van der Waals surface area contributed by atoms with Crippen LogP contribution in [0.1, 0.15) is 0 Å². The molecule has 0 heterocycles. The van der Waals surface area contributed by atoms with Gasteiger partial charge in [0.05, 0.1) is 4.92 Å². The molecule has 0 saturated heterocycles.